The van der Waals surface area contributed by atoms with E-state index in [0.717, 1.165) is 73.6 Å². The van der Waals surface area contributed by atoms with Crippen molar-refractivity contribution in [2.75, 3.05) is 26.3 Å². The Morgan fingerprint density at radius 3 is 1.27 bits per heavy atom. The van der Waals surface area contributed by atoms with E-state index in [1.165, 1.54) is 11.1 Å². The molecule has 0 aliphatic carbocycles. The van der Waals surface area contributed by atoms with Crippen molar-refractivity contribution in [3.8, 4) is 23.0 Å². The fraction of sp³-hybridized carbons (Fsp3) is 0.510. The molecule has 8 heteroatoms. The zero-order valence-electron chi connectivity index (χ0n) is 38.6. The van der Waals surface area contributed by atoms with Crippen molar-refractivity contribution < 1.29 is 19.7 Å². The fourth-order valence-electron chi connectivity index (χ4n) is 7.43. The highest BCUT2D eigenvalue weighted by Gasteiger charge is 2.27. The summed E-state index contributed by atoms with van der Waals surface area (Å²) in [5, 5.41) is 34.4. The fourth-order valence-corrected chi connectivity index (χ4v) is 7.43. The van der Waals surface area contributed by atoms with E-state index in [1.54, 1.807) is 0 Å². The lowest BCUT2D eigenvalue weighted by atomic mass is 9.80. The summed E-state index contributed by atoms with van der Waals surface area (Å²) < 4.78 is 13.0. The van der Waals surface area contributed by atoms with Gasteiger partial charge in [0.25, 0.3) is 0 Å². The van der Waals surface area contributed by atoms with E-state index >= 15 is 0 Å². The Bertz CT molecular complexity index is 2120. The molecule has 0 amide bonds. The Morgan fingerprint density at radius 1 is 0.559 bits per heavy atom. The number of aryl methyl sites for hydroxylation is 2. The van der Waals surface area contributed by atoms with Crippen LogP contribution in [0.4, 0.5) is 0 Å². The number of hydrogen-bond donors (Lipinski definition) is 6. The normalized spacial score (nSPS) is 12.5. The van der Waals surface area contributed by atoms with Crippen molar-refractivity contribution >= 4 is 5.96 Å². The van der Waals surface area contributed by atoms with Crippen molar-refractivity contribution in [3.05, 3.63) is 115 Å². The lowest BCUT2D eigenvalue weighted by Crippen LogP contribution is -2.33. The van der Waals surface area contributed by atoms with Crippen LogP contribution in [0.2, 0.25) is 0 Å². The molecule has 0 aromatic heterocycles. The summed E-state index contributed by atoms with van der Waals surface area (Å²) in [5.74, 6) is 2.00. The van der Waals surface area contributed by atoms with Crippen LogP contribution in [-0.2, 0) is 47.3 Å². The minimum atomic E-state index is -0.206. The minimum absolute atomic E-state index is 0.0939. The third-order valence-electron chi connectivity index (χ3n) is 11.1. The van der Waals surface area contributed by atoms with Crippen molar-refractivity contribution in [1.29, 1.82) is 5.41 Å². The Labute approximate surface area is 355 Å². The molecule has 322 valence electrons. The van der Waals surface area contributed by atoms with E-state index in [1.807, 2.05) is 0 Å². The number of hydrogen-bond acceptors (Lipinski definition) is 6. The Balaban J connectivity index is 1.95. The maximum absolute atomic E-state index is 12.4. The van der Waals surface area contributed by atoms with Crippen LogP contribution in [0.25, 0.3) is 0 Å². The van der Waals surface area contributed by atoms with Gasteiger partial charge in [-0.3, -0.25) is 5.41 Å². The van der Waals surface area contributed by atoms with Gasteiger partial charge in [-0.05, 0) is 102 Å². The quantitative estimate of drug-likeness (QED) is 0.0422. The topological polar surface area (TPSA) is 147 Å². The van der Waals surface area contributed by atoms with E-state index in [2.05, 4.69) is 151 Å². The Kier molecular flexibility index (Phi) is 14.6. The van der Waals surface area contributed by atoms with E-state index in [9.17, 15) is 10.2 Å². The number of nitrogens with two attached hydrogens (primary N) is 2. The van der Waals surface area contributed by atoms with Gasteiger partial charge in [0.1, 0.15) is 36.2 Å². The van der Waals surface area contributed by atoms with Gasteiger partial charge in [0.2, 0.25) is 0 Å². The van der Waals surface area contributed by atoms with Gasteiger partial charge in [0.05, 0.1) is 6.54 Å². The standard InChI is InChI=1S/C51H74N4O4/c1-15-32-24-40(49(6,7)8)25-33(43(32)56)22-37-29-42(51(12,13)14)30-38(46(37)58-18-16-52)23-35-27-41(50(9,10)11)26-34(44(35)57)21-36-28-39(48(3,4)5)20-31(2)45(36)59-19-17-55-47(53)54/h20,24-30,56-57H,15-19,21-23,52H2,1-14H3,(H4,53,54,55). The van der Waals surface area contributed by atoms with E-state index in [-0.39, 0.29) is 33.4 Å². The molecule has 0 aliphatic heterocycles. The lowest BCUT2D eigenvalue weighted by molar-refractivity contribution is 0.317. The molecule has 0 aliphatic rings. The van der Waals surface area contributed by atoms with E-state index in [0.29, 0.717) is 51.3 Å². The molecule has 0 heterocycles. The van der Waals surface area contributed by atoms with Gasteiger partial charge in [0, 0.05) is 25.8 Å². The molecule has 59 heavy (non-hydrogen) atoms. The average molecular weight is 807 g/mol. The Morgan fingerprint density at radius 2 is 0.898 bits per heavy atom. The first-order chi connectivity index (χ1) is 27.2. The molecule has 0 unspecified atom stereocenters. The average Bonchev–Trinajstić information content (AvgIpc) is 3.10. The van der Waals surface area contributed by atoms with Gasteiger partial charge >= 0.3 is 0 Å². The van der Waals surface area contributed by atoms with Crippen molar-refractivity contribution in [2.24, 2.45) is 11.5 Å². The monoisotopic (exact) mass is 807 g/mol. The summed E-state index contributed by atoms with van der Waals surface area (Å²) in [6.45, 7) is 32.0. The van der Waals surface area contributed by atoms with Crippen LogP contribution < -0.4 is 26.3 Å². The van der Waals surface area contributed by atoms with E-state index < -0.39 is 0 Å². The van der Waals surface area contributed by atoms with Crippen LogP contribution in [0.5, 0.6) is 23.0 Å². The molecule has 0 saturated carbocycles. The van der Waals surface area contributed by atoms with Crippen LogP contribution >= 0.6 is 0 Å². The molecule has 0 atom stereocenters. The van der Waals surface area contributed by atoms with Gasteiger partial charge in [0.15, 0.2) is 5.96 Å². The van der Waals surface area contributed by atoms with Crippen LogP contribution in [-0.4, -0.2) is 42.5 Å². The first-order valence-corrected chi connectivity index (χ1v) is 21.3. The maximum atomic E-state index is 12.4. The second-order valence-corrected chi connectivity index (χ2v) is 20.4. The number of rotatable bonds is 14. The zero-order valence-corrected chi connectivity index (χ0v) is 38.6. The molecular formula is C51H74N4O4. The first kappa shape index (κ1) is 47.0. The van der Waals surface area contributed by atoms with Gasteiger partial charge in [-0.25, -0.2) is 0 Å². The molecule has 0 radical (unpaired) electrons. The second kappa shape index (κ2) is 18.3. The molecule has 0 saturated heterocycles. The number of phenolic OH excluding ortho intramolecular Hbond substituents is 2. The third-order valence-corrected chi connectivity index (χ3v) is 11.1. The molecule has 0 fully saturated rings. The van der Waals surface area contributed by atoms with Crippen LogP contribution in [0.1, 0.15) is 157 Å². The third kappa shape index (κ3) is 12.0. The number of guanidine groups is 1. The smallest absolute Gasteiger partial charge is 0.185 e. The van der Waals surface area contributed by atoms with Crippen LogP contribution in [0, 0.1) is 12.3 Å². The highest BCUT2D eigenvalue weighted by Crippen LogP contribution is 2.42. The van der Waals surface area contributed by atoms with Gasteiger partial charge < -0.3 is 36.5 Å². The molecular weight excluding hydrogens is 733 g/mol. The van der Waals surface area contributed by atoms with Gasteiger partial charge in [-0.15, -0.1) is 0 Å². The molecule has 0 bridgehead atoms. The molecule has 4 aromatic rings. The lowest BCUT2D eigenvalue weighted by Gasteiger charge is -2.27. The van der Waals surface area contributed by atoms with E-state index in [4.69, 9.17) is 26.4 Å². The van der Waals surface area contributed by atoms with Gasteiger partial charge in [-0.2, -0.15) is 0 Å². The van der Waals surface area contributed by atoms with Crippen molar-refractivity contribution in [1.82, 2.24) is 5.32 Å². The number of phenols is 2. The number of nitrogens with one attached hydrogen (secondary N) is 2. The number of benzene rings is 4. The molecule has 4 aromatic carbocycles. The van der Waals surface area contributed by atoms with Crippen LogP contribution in [0.15, 0.2) is 48.5 Å². The highest BCUT2D eigenvalue weighted by atomic mass is 16.5. The number of aromatic hydroxyl groups is 2. The first-order valence-electron chi connectivity index (χ1n) is 21.3. The molecule has 4 rings (SSSR count). The molecule has 0 spiro atoms. The summed E-state index contributed by atoms with van der Waals surface area (Å²) in [7, 11) is 0. The zero-order chi connectivity index (χ0) is 44.2. The SMILES string of the molecule is CCc1cc(C(C)(C)C)cc(Cc2cc(C(C)(C)C)cc(Cc3cc(C(C)(C)C)cc(Cc4cc(C(C)(C)C)cc(C)c4OCCNC(=N)N)c3O)c2OCCN)c1O. The largest absolute Gasteiger partial charge is 0.507 e. The van der Waals surface area contributed by atoms with Crippen molar-refractivity contribution in [3.63, 3.8) is 0 Å². The molecule has 8 N–H and O–H groups in total. The highest BCUT2D eigenvalue weighted by molar-refractivity contribution is 5.74. The summed E-state index contributed by atoms with van der Waals surface area (Å²) in [4.78, 5) is 0. The summed E-state index contributed by atoms with van der Waals surface area (Å²) >= 11 is 0. The summed E-state index contributed by atoms with van der Waals surface area (Å²) in [6.07, 6.45) is 2.08. The second-order valence-electron chi connectivity index (χ2n) is 20.4. The summed E-state index contributed by atoms with van der Waals surface area (Å²) in [5.41, 5.74) is 23.0. The van der Waals surface area contributed by atoms with Gasteiger partial charge in [-0.1, -0.05) is 139 Å². The molecule has 8 nitrogen and oxygen atoms in total. The maximum Gasteiger partial charge on any atom is 0.185 e. The summed E-state index contributed by atoms with van der Waals surface area (Å²) in [6, 6.07) is 17.4. The predicted octanol–water partition coefficient (Wildman–Crippen LogP) is 10.1. The van der Waals surface area contributed by atoms with Crippen LogP contribution in [0.3, 0.4) is 0 Å². The Hall–Kier alpha value is -4.69. The number of ether oxygens (including phenoxy) is 2. The minimum Gasteiger partial charge on any atom is -0.507 e. The van der Waals surface area contributed by atoms with Crippen molar-refractivity contribution in [2.45, 2.75) is 144 Å². The predicted molar refractivity (Wildman–Crippen MR) is 246 cm³/mol.